The van der Waals surface area contributed by atoms with Crippen molar-refractivity contribution in [2.24, 2.45) is 46.8 Å². The van der Waals surface area contributed by atoms with Crippen LogP contribution in [-0.2, 0) is 4.79 Å². The van der Waals surface area contributed by atoms with Gasteiger partial charge in [-0.25, -0.2) is 0 Å². The first-order valence-electron chi connectivity index (χ1n) is 5.85. The van der Waals surface area contributed by atoms with Gasteiger partial charge in [0.1, 0.15) is 5.78 Å². The Morgan fingerprint density at radius 1 is 1.36 bits per heavy atom. The zero-order valence-electron chi connectivity index (χ0n) is 8.11. The quantitative estimate of drug-likeness (QED) is 0.556. The smallest absolute Gasteiger partial charge is 0.140 e. The molecule has 74 valence electrons. The van der Waals surface area contributed by atoms with E-state index >= 15 is 0 Å². The van der Waals surface area contributed by atoms with Gasteiger partial charge >= 0.3 is 0 Å². The van der Waals surface area contributed by atoms with Crippen LogP contribution in [0.4, 0.5) is 0 Å². The molecule has 0 radical (unpaired) electrons. The summed E-state index contributed by atoms with van der Waals surface area (Å²) in [4.78, 5) is 12.2. The highest BCUT2D eigenvalue weighted by molar-refractivity contribution is 6.22. The highest BCUT2D eigenvalue weighted by atomic mass is 35.5. The molecule has 9 atom stereocenters. The third-order valence-electron chi connectivity index (χ3n) is 6.63. The highest BCUT2D eigenvalue weighted by Crippen LogP contribution is 2.86. The van der Waals surface area contributed by atoms with Gasteiger partial charge in [0.15, 0.2) is 0 Å². The van der Waals surface area contributed by atoms with Crippen molar-refractivity contribution in [2.75, 3.05) is 0 Å². The molecule has 1 nitrogen and oxygen atoms in total. The zero-order chi connectivity index (χ0) is 9.40. The van der Waals surface area contributed by atoms with E-state index in [4.69, 9.17) is 11.6 Å². The maximum Gasteiger partial charge on any atom is 0.140 e. The molecule has 14 heavy (non-hydrogen) atoms. The van der Waals surface area contributed by atoms with Crippen molar-refractivity contribution in [2.45, 2.75) is 18.7 Å². The van der Waals surface area contributed by atoms with Gasteiger partial charge in [-0.05, 0) is 41.4 Å². The molecule has 6 aliphatic carbocycles. The highest BCUT2D eigenvalue weighted by Gasteiger charge is 2.87. The molecule has 6 aliphatic rings. The van der Waals surface area contributed by atoms with Gasteiger partial charge in [-0.1, -0.05) is 6.92 Å². The van der Waals surface area contributed by atoms with E-state index in [0.29, 0.717) is 28.9 Å². The lowest BCUT2D eigenvalue weighted by Gasteiger charge is -2.38. The molecule has 0 heterocycles. The van der Waals surface area contributed by atoms with E-state index in [0.717, 1.165) is 23.7 Å². The molecule has 0 aromatic heterocycles. The van der Waals surface area contributed by atoms with Crippen molar-refractivity contribution in [3.63, 3.8) is 0 Å². The van der Waals surface area contributed by atoms with E-state index in [-0.39, 0.29) is 5.41 Å². The summed E-state index contributed by atoms with van der Waals surface area (Å²) < 4.78 is 0. The van der Waals surface area contributed by atoms with E-state index in [1.165, 1.54) is 6.42 Å². The molecular weight excluding hydrogens is 196 g/mol. The van der Waals surface area contributed by atoms with Crippen LogP contribution in [0.1, 0.15) is 13.3 Å². The van der Waals surface area contributed by atoms with Gasteiger partial charge < -0.3 is 0 Å². The summed E-state index contributed by atoms with van der Waals surface area (Å²) in [6.45, 7) is 2.31. The molecule has 0 aromatic carbocycles. The van der Waals surface area contributed by atoms with E-state index in [2.05, 4.69) is 6.92 Å². The number of carbonyl (C=O) groups is 1. The fourth-order valence-electron chi connectivity index (χ4n) is 6.72. The van der Waals surface area contributed by atoms with Crippen LogP contribution < -0.4 is 0 Å². The second-order valence-corrected chi connectivity index (χ2v) is 6.89. The van der Waals surface area contributed by atoms with Crippen molar-refractivity contribution < 1.29 is 4.79 Å². The Kier molecular flexibility index (Phi) is 0.835. The van der Waals surface area contributed by atoms with Crippen molar-refractivity contribution in [3.05, 3.63) is 0 Å². The van der Waals surface area contributed by atoms with Crippen LogP contribution in [-0.4, -0.2) is 11.2 Å². The van der Waals surface area contributed by atoms with Crippen molar-refractivity contribution in [1.29, 1.82) is 0 Å². The minimum absolute atomic E-state index is 0.219. The summed E-state index contributed by atoms with van der Waals surface area (Å²) in [5.74, 6) is 5.20. The monoisotopic (exact) mass is 208 g/mol. The Hall–Kier alpha value is -0.0400. The zero-order valence-corrected chi connectivity index (χ0v) is 8.87. The third-order valence-corrected chi connectivity index (χ3v) is 7.39. The van der Waals surface area contributed by atoms with Crippen molar-refractivity contribution >= 4 is 17.4 Å². The first kappa shape index (κ1) is 7.27. The van der Waals surface area contributed by atoms with E-state index in [1.807, 2.05) is 0 Å². The molecule has 6 rings (SSSR count). The summed E-state index contributed by atoms with van der Waals surface area (Å²) >= 11 is 6.60. The lowest BCUT2D eigenvalue weighted by atomic mass is 9.64. The first-order valence-corrected chi connectivity index (χ1v) is 6.29. The normalized spacial score (nSPS) is 80.3. The number of hydrogen-bond donors (Lipinski definition) is 0. The summed E-state index contributed by atoms with van der Waals surface area (Å²) in [5.41, 5.74) is 0.219. The Balaban J connectivity index is 1.92. The van der Waals surface area contributed by atoms with Gasteiger partial charge in [0.05, 0.1) is 0 Å². The Morgan fingerprint density at radius 2 is 2.14 bits per heavy atom. The summed E-state index contributed by atoms with van der Waals surface area (Å²) in [7, 11) is 0. The second kappa shape index (κ2) is 1.61. The molecule has 0 unspecified atom stereocenters. The molecule has 0 amide bonds. The molecule has 0 aliphatic heterocycles. The maximum absolute atomic E-state index is 12.2. The minimum atomic E-state index is 0.219. The topological polar surface area (TPSA) is 17.1 Å². The maximum atomic E-state index is 12.2. The van der Waals surface area contributed by atoms with Gasteiger partial charge in [0.2, 0.25) is 0 Å². The molecule has 0 saturated heterocycles. The van der Waals surface area contributed by atoms with Crippen LogP contribution in [0.3, 0.4) is 0 Å². The fourth-order valence-corrected chi connectivity index (χ4v) is 7.35. The number of rotatable bonds is 0. The Bertz CT molecular complexity index is 390. The van der Waals surface area contributed by atoms with Gasteiger partial charge in [0.25, 0.3) is 0 Å². The van der Waals surface area contributed by atoms with Gasteiger partial charge in [0, 0.05) is 17.2 Å². The average molecular weight is 209 g/mol. The van der Waals surface area contributed by atoms with Crippen LogP contribution in [0.25, 0.3) is 0 Å². The number of ketones is 1. The number of alkyl halides is 1. The van der Waals surface area contributed by atoms with Crippen LogP contribution in [0.2, 0.25) is 0 Å². The third kappa shape index (κ3) is 0.374. The largest absolute Gasteiger partial charge is 0.299 e. The van der Waals surface area contributed by atoms with Crippen LogP contribution in [0, 0.1) is 46.8 Å². The number of halogens is 1. The first-order chi connectivity index (χ1) is 6.67. The summed E-state index contributed by atoms with van der Waals surface area (Å²) in [6, 6.07) is 0. The standard InChI is InChI=1S/C12H13ClO/c1-12-8-4-2-3-5(6(4)11(12)13)9(12)10(14)7(3)8/h3-9,11H,2H2,1H3/t3-,4-,5-,6+,7-,8-,9-,11-,12+/m1/s1. The average Bonchev–Trinajstić information content (AvgIpc) is 2.81. The van der Waals surface area contributed by atoms with Crippen LogP contribution in [0.5, 0.6) is 0 Å². The summed E-state index contributed by atoms with van der Waals surface area (Å²) in [5, 5.41) is 0.328. The lowest BCUT2D eigenvalue weighted by molar-refractivity contribution is -0.122. The lowest BCUT2D eigenvalue weighted by Crippen LogP contribution is -2.37. The molecular formula is C12H13ClO. The fraction of sp³-hybridized carbons (Fsp3) is 0.917. The number of hydrogen-bond acceptors (Lipinski definition) is 1. The van der Waals surface area contributed by atoms with Crippen LogP contribution >= 0.6 is 11.6 Å². The Morgan fingerprint density at radius 3 is 2.86 bits per heavy atom. The molecule has 6 fully saturated rings. The number of carbonyl (C=O) groups excluding carboxylic acids is 1. The van der Waals surface area contributed by atoms with Gasteiger partial charge in [-0.15, -0.1) is 11.6 Å². The number of Topliss-reactive ketones (excluding diaryl/α,β-unsaturated/α-hetero) is 1. The van der Waals surface area contributed by atoms with Crippen molar-refractivity contribution in [3.8, 4) is 0 Å². The van der Waals surface area contributed by atoms with E-state index in [9.17, 15) is 4.79 Å². The predicted octanol–water partition coefficient (Wildman–Crippen LogP) is 1.94. The molecule has 2 heteroatoms. The predicted molar refractivity (Wildman–Crippen MR) is 51.8 cm³/mol. The van der Waals surface area contributed by atoms with Crippen LogP contribution in [0.15, 0.2) is 0 Å². The SMILES string of the molecule is C[C@]12[C@@H]3[C@@H]4C[C@H]5[C@H]3C(=O)[C@H]1[C@H]5[C@H]4[C@H]2Cl. The summed E-state index contributed by atoms with van der Waals surface area (Å²) in [6.07, 6.45) is 1.34. The molecule has 6 bridgehead atoms. The van der Waals surface area contributed by atoms with Gasteiger partial charge in [-0.2, -0.15) is 0 Å². The van der Waals surface area contributed by atoms with E-state index in [1.54, 1.807) is 0 Å². The van der Waals surface area contributed by atoms with Gasteiger partial charge in [-0.3, -0.25) is 4.79 Å². The van der Waals surface area contributed by atoms with Crippen molar-refractivity contribution in [1.82, 2.24) is 0 Å². The second-order valence-electron chi connectivity index (χ2n) is 6.42. The van der Waals surface area contributed by atoms with E-state index < -0.39 is 0 Å². The molecule has 0 spiro atoms. The minimum Gasteiger partial charge on any atom is -0.299 e. The molecule has 0 N–H and O–H groups in total. The molecule has 0 aromatic rings. The Labute approximate surface area is 88.2 Å². The molecule has 6 saturated carbocycles.